The minimum atomic E-state index is -0.463. The fraction of sp³-hybridized carbons (Fsp3) is 0.529. The first-order valence-electron chi connectivity index (χ1n) is 7.77. The topological polar surface area (TPSA) is 55.1 Å². The lowest BCUT2D eigenvalue weighted by atomic mass is 10.00. The normalized spacial score (nSPS) is 17.4. The van der Waals surface area contributed by atoms with E-state index in [0.29, 0.717) is 23.4 Å². The summed E-state index contributed by atoms with van der Waals surface area (Å²) in [6.45, 7) is 2.30. The van der Waals surface area contributed by atoms with Gasteiger partial charge in [-0.2, -0.15) is 0 Å². The lowest BCUT2D eigenvalue weighted by Gasteiger charge is -2.16. The second kappa shape index (κ2) is 5.98. The number of fused-ring (bicyclic) bond motifs is 1. The number of aliphatic hydroxyl groups is 1. The Hall–Kier alpha value is -1.68. The Balaban J connectivity index is 1.80. The van der Waals surface area contributed by atoms with Crippen LogP contribution in [0.5, 0.6) is 0 Å². The zero-order chi connectivity index (χ0) is 14.8. The van der Waals surface area contributed by atoms with E-state index in [1.807, 2.05) is 25.1 Å². The second-order valence-corrected chi connectivity index (χ2v) is 6.26. The van der Waals surface area contributed by atoms with Crippen LogP contribution in [0, 0.1) is 12.8 Å². The van der Waals surface area contributed by atoms with Gasteiger partial charge in [-0.05, 0) is 31.4 Å². The highest BCUT2D eigenvalue weighted by Gasteiger charge is 2.19. The van der Waals surface area contributed by atoms with Crippen LogP contribution in [0.3, 0.4) is 0 Å². The molecule has 0 bridgehead atoms. The van der Waals surface area contributed by atoms with Crippen molar-refractivity contribution >= 4 is 10.9 Å². The van der Waals surface area contributed by atoms with Crippen LogP contribution in [0.25, 0.3) is 10.9 Å². The zero-order valence-electron chi connectivity index (χ0n) is 12.5. The van der Waals surface area contributed by atoms with Gasteiger partial charge in [-0.15, -0.1) is 0 Å². The summed E-state index contributed by atoms with van der Waals surface area (Å²) in [6, 6.07) is 5.68. The lowest BCUT2D eigenvalue weighted by Crippen LogP contribution is -2.28. The number of hydrogen-bond acceptors (Lipinski definition) is 3. The summed E-state index contributed by atoms with van der Waals surface area (Å²) in [7, 11) is 0. The van der Waals surface area contributed by atoms with E-state index in [0.717, 1.165) is 12.0 Å². The summed E-state index contributed by atoms with van der Waals surface area (Å²) in [5, 5.41) is 10.9. The number of benzene rings is 1. The van der Waals surface area contributed by atoms with Gasteiger partial charge in [0.1, 0.15) is 0 Å². The predicted molar refractivity (Wildman–Crippen MR) is 83.3 cm³/mol. The van der Waals surface area contributed by atoms with Crippen molar-refractivity contribution in [2.24, 2.45) is 5.92 Å². The highest BCUT2D eigenvalue weighted by molar-refractivity contribution is 5.77. The fourth-order valence-electron chi connectivity index (χ4n) is 3.34. The monoisotopic (exact) mass is 286 g/mol. The zero-order valence-corrected chi connectivity index (χ0v) is 12.5. The molecule has 0 spiro atoms. The average molecular weight is 286 g/mol. The third-order valence-electron chi connectivity index (χ3n) is 4.47. The van der Waals surface area contributed by atoms with Crippen LogP contribution < -0.4 is 5.56 Å². The van der Waals surface area contributed by atoms with Crippen LogP contribution in [0.15, 0.2) is 29.3 Å². The summed E-state index contributed by atoms with van der Waals surface area (Å²) in [5.74, 6) is 0.617. The van der Waals surface area contributed by atoms with Crippen LogP contribution in [-0.4, -0.2) is 20.8 Å². The molecule has 3 rings (SSSR count). The fourth-order valence-corrected chi connectivity index (χ4v) is 3.34. The summed E-state index contributed by atoms with van der Waals surface area (Å²) in [4.78, 5) is 16.8. The molecule has 0 amide bonds. The molecular weight excluding hydrogens is 264 g/mol. The Morgan fingerprint density at radius 3 is 2.90 bits per heavy atom. The van der Waals surface area contributed by atoms with Gasteiger partial charge >= 0.3 is 0 Å². The van der Waals surface area contributed by atoms with Gasteiger partial charge in [0.25, 0.3) is 5.56 Å². The first kappa shape index (κ1) is 14.3. The molecule has 0 saturated heterocycles. The standard InChI is InChI=1S/C17H22N2O2/c1-12-6-7-16-15(8-12)17(21)19(11-18-16)10-14(20)9-13-4-2-3-5-13/h6-8,11,13-14,20H,2-5,9-10H2,1H3/t14-/m1/s1. The van der Waals surface area contributed by atoms with Crippen LogP contribution in [-0.2, 0) is 6.54 Å². The number of aromatic nitrogens is 2. The van der Waals surface area contributed by atoms with E-state index in [9.17, 15) is 9.90 Å². The van der Waals surface area contributed by atoms with E-state index in [4.69, 9.17) is 0 Å². The number of hydrogen-bond donors (Lipinski definition) is 1. The van der Waals surface area contributed by atoms with Crippen molar-refractivity contribution in [3.63, 3.8) is 0 Å². The predicted octanol–water partition coefficient (Wildman–Crippen LogP) is 2.65. The first-order chi connectivity index (χ1) is 10.1. The van der Waals surface area contributed by atoms with E-state index in [1.165, 1.54) is 25.7 Å². The third-order valence-corrected chi connectivity index (χ3v) is 4.47. The van der Waals surface area contributed by atoms with E-state index in [1.54, 1.807) is 10.9 Å². The molecule has 21 heavy (non-hydrogen) atoms. The van der Waals surface area contributed by atoms with Crippen molar-refractivity contribution in [2.45, 2.75) is 51.7 Å². The van der Waals surface area contributed by atoms with Crippen molar-refractivity contribution in [1.29, 1.82) is 0 Å². The van der Waals surface area contributed by atoms with Crippen LogP contribution in [0.4, 0.5) is 0 Å². The van der Waals surface area contributed by atoms with E-state index in [-0.39, 0.29) is 5.56 Å². The minimum absolute atomic E-state index is 0.0610. The van der Waals surface area contributed by atoms with Crippen LogP contribution in [0.1, 0.15) is 37.7 Å². The number of rotatable bonds is 4. The summed E-state index contributed by atoms with van der Waals surface area (Å²) >= 11 is 0. The van der Waals surface area contributed by atoms with Gasteiger partial charge < -0.3 is 5.11 Å². The third kappa shape index (κ3) is 3.16. The highest BCUT2D eigenvalue weighted by Crippen LogP contribution is 2.28. The number of nitrogens with zero attached hydrogens (tertiary/aromatic N) is 2. The molecule has 1 aromatic heterocycles. The quantitative estimate of drug-likeness (QED) is 0.940. The molecule has 0 unspecified atom stereocenters. The molecular formula is C17H22N2O2. The Labute approximate surface area is 124 Å². The van der Waals surface area contributed by atoms with Gasteiger partial charge in [0.05, 0.1) is 29.9 Å². The molecule has 1 heterocycles. The van der Waals surface area contributed by atoms with Crippen molar-refractivity contribution < 1.29 is 5.11 Å². The lowest BCUT2D eigenvalue weighted by molar-refractivity contribution is 0.123. The van der Waals surface area contributed by atoms with Gasteiger partial charge in [-0.1, -0.05) is 37.3 Å². The molecule has 1 aliphatic carbocycles. The molecule has 0 radical (unpaired) electrons. The Morgan fingerprint density at radius 2 is 2.14 bits per heavy atom. The maximum absolute atomic E-state index is 12.5. The summed E-state index contributed by atoms with van der Waals surface area (Å²) in [5.41, 5.74) is 1.70. The highest BCUT2D eigenvalue weighted by atomic mass is 16.3. The maximum Gasteiger partial charge on any atom is 0.261 e. The summed E-state index contributed by atoms with van der Waals surface area (Å²) < 4.78 is 1.54. The van der Waals surface area contributed by atoms with Crippen LogP contribution >= 0.6 is 0 Å². The van der Waals surface area contributed by atoms with Gasteiger partial charge in [-0.3, -0.25) is 9.36 Å². The summed E-state index contributed by atoms with van der Waals surface area (Å²) in [6.07, 6.45) is 6.84. The van der Waals surface area contributed by atoms with Gasteiger partial charge in [0.15, 0.2) is 0 Å². The Morgan fingerprint density at radius 1 is 1.38 bits per heavy atom. The molecule has 2 aromatic rings. The minimum Gasteiger partial charge on any atom is -0.391 e. The number of aryl methyl sites for hydroxylation is 1. The second-order valence-electron chi connectivity index (χ2n) is 6.26. The van der Waals surface area contributed by atoms with E-state index >= 15 is 0 Å². The first-order valence-corrected chi connectivity index (χ1v) is 7.77. The Bertz CT molecular complexity index is 687. The van der Waals surface area contributed by atoms with E-state index < -0.39 is 6.10 Å². The molecule has 1 aromatic carbocycles. The molecule has 4 heteroatoms. The van der Waals surface area contributed by atoms with Crippen molar-refractivity contribution in [3.05, 3.63) is 40.4 Å². The van der Waals surface area contributed by atoms with Gasteiger partial charge in [-0.25, -0.2) is 4.98 Å². The van der Waals surface area contributed by atoms with Crippen molar-refractivity contribution in [3.8, 4) is 0 Å². The molecule has 1 N–H and O–H groups in total. The smallest absolute Gasteiger partial charge is 0.261 e. The molecule has 1 atom stereocenters. The molecule has 1 aliphatic rings. The SMILES string of the molecule is Cc1ccc2ncn(C[C@H](O)CC3CCCC3)c(=O)c2c1. The van der Waals surface area contributed by atoms with Crippen molar-refractivity contribution in [1.82, 2.24) is 9.55 Å². The van der Waals surface area contributed by atoms with Gasteiger partial charge in [0, 0.05) is 0 Å². The largest absolute Gasteiger partial charge is 0.391 e. The molecule has 0 aliphatic heterocycles. The Kier molecular flexibility index (Phi) is 4.06. The van der Waals surface area contributed by atoms with Crippen molar-refractivity contribution in [2.75, 3.05) is 0 Å². The molecule has 1 saturated carbocycles. The molecule has 4 nitrogen and oxygen atoms in total. The average Bonchev–Trinajstić information content (AvgIpc) is 2.95. The maximum atomic E-state index is 12.5. The van der Waals surface area contributed by atoms with Crippen LogP contribution in [0.2, 0.25) is 0 Å². The van der Waals surface area contributed by atoms with Gasteiger partial charge in [0.2, 0.25) is 0 Å². The molecule has 1 fully saturated rings. The molecule has 112 valence electrons. The van der Waals surface area contributed by atoms with E-state index in [2.05, 4.69) is 4.98 Å². The number of aliphatic hydroxyl groups excluding tert-OH is 1.